The first-order chi connectivity index (χ1) is 13.0. The maximum absolute atomic E-state index is 13.9. The first-order valence-corrected chi connectivity index (χ1v) is 8.72. The molecule has 27 heavy (non-hydrogen) atoms. The SMILES string of the molecule is C=Cc1ccc(OC2CC=CC=C2OC2OC(CO)C(F)C(O)C2O)cc1. The van der Waals surface area contributed by atoms with E-state index in [1.165, 1.54) is 0 Å². The maximum atomic E-state index is 13.9. The second kappa shape index (κ2) is 8.67. The van der Waals surface area contributed by atoms with Crippen molar-refractivity contribution < 1.29 is 33.9 Å². The highest BCUT2D eigenvalue weighted by molar-refractivity contribution is 5.48. The number of rotatable bonds is 6. The monoisotopic (exact) mass is 378 g/mol. The molecular formula is C20H23FO6. The van der Waals surface area contributed by atoms with E-state index in [4.69, 9.17) is 14.2 Å². The summed E-state index contributed by atoms with van der Waals surface area (Å²) in [4.78, 5) is 0. The molecule has 0 radical (unpaired) electrons. The van der Waals surface area contributed by atoms with Gasteiger partial charge in [0.15, 0.2) is 12.3 Å². The second-order valence-corrected chi connectivity index (χ2v) is 6.38. The van der Waals surface area contributed by atoms with Crippen LogP contribution in [0.15, 0.2) is 54.8 Å². The Kier molecular flexibility index (Phi) is 6.28. The fraction of sp³-hybridized carbons (Fsp3) is 0.400. The van der Waals surface area contributed by atoms with Crippen LogP contribution in [0.5, 0.6) is 5.75 Å². The third kappa shape index (κ3) is 4.39. The first-order valence-electron chi connectivity index (χ1n) is 8.72. The van der Waals surface area contributed by atoms with Crippen LogP contribution in [0.3, 0.4) is 0 Å². The molecule has 3 rings (SSSR count). The van der Waals surface area contributed by atoms with Gasteiger partial charge >= 0.3 is 0 Å². The molecule has 0 spiro atoms. The summed E-state index contributed by atoms with van der Waals surface area (Å²) in [5.74, 6) is 0.994. The molecule has 2 aliphatic rings. The van der Waals surface area contributed by atoms with Gasteiger partial charge in [-0.05, 0) is 23.8 Å². The number of hydrogen-bond acceptors (Lipinski definition) is 6. The highest BCUT2D eigenvalue weighted by Crippen LogP contribution is 2.29. The van der Waals surface area contributed by atoms with Crippen molar-refractivity contribution in [1.82, 2.24) is 0 Å². The molecule has 1 heterocycles. The van der Waals surface area contributed by atoms with Gasteiger partial charge in [-0.1, -0.05) is 36.9 Å². The average molecular weight is 378 g/mol. The summed E-state index contributed by atoms with van der Waals surface area (Å²) >= 11 is 0. The molecule has 1 saturated heterocycles. The number of benzene rings is 1. The van der Waals surface area contributed by atoms with Crippen LogP contribution in [-0.4, -0.2) is 58.8 Å². The van der Waals surface area contributed by atoms with Crippen molar-refractivity contribution >= 4 is 6.08 Å². The van der Waals surface area contributed by atoms with E-state index in [-0.39, 0.29) is 0 Å². The van der Waals surface area contributed by atoms with Crippen molar-refractivity contribution in [3.05, 3.63) is 60.4 Å². The molecule has 1 aliphatic heterocycles. The van der Waals surface area contributed by atoms with E-state index in [9.17, 15) is 19.7 Å². The molecule has 1 aromatic rings. The average Bonchev–Trinajstić information content (AvgIpc) is 2.70. The molecule has 1 aromatic carbocycles. The third-order valence-electron chi connectivity index (χ3n) is 4.51. The molecule has 6 nitrogen and oxygen atoms in total. The van der Waals surface area contributed by atoms with Crippen molar-refractivity contribution in [2.75, 3.05) is 6.61 Å². The lowest BCUT2D eigenvalue weighted by atomic mass is 10.0. The Morgan fingerprint density at radius 2 is 1.93 bits per heavy atom. The molecule has 0 amide bonds. The number of alkyl halides is 1. The first kappa shape index (κ1) is 19.6. The lowest BCUT2D eigenvalue weighted by Gasteiger charge is -2.39. The zero-order valence-corrected chi connectivity index (χ0v) is 14.6. The second-order valence-electron chi connectivity index (χ2n) is 6.38. The molecular weight excluding hydrogens is 355 g/mol. The molecule has 6 atom stereocenters. The molecule has 0 aromatic heterocycles. The Morgan fingerprint density at radius 3 is 2.59 bits per heavy atom. The van der Waals surface area contributed by atoms with Crippen molar-refractivity contribution in [3.63, 3.8) is 0 Å². The van der Waals surface area contributed by atoms with Gasteiger partial charge in [0, 0.05) is 6.42 Å². The van der Waals surface area contributed by atoms with Crippen LogP contribution in [0, 0.1) is 0 Å². The molecule has 146 valence electrons. The zero-order chi connectivity index (χ0) is 19.4. The number of halogens is 1. The Labute approximate surface area is 156 Å². The van der Waals surface area contributed by atoms with Gasteiger partial charge in [0.2, 0.25) is 6.29 Å². The normalized spacial score (nSPS) is 33.3. The summed E-state index contributed by atoms with van der Waals surface area (Å²) in [6.45, 7) is 3.06. The topological polar surface area (TPSA) is 88.4 Å². The Morgan fingerprint density at radius 1 is 1.19 bits per heavy atom. The van der Waals surface area contributed by atoms with Crippen LogP contribution in [0.2, 0.25) is 0 Å². The summed E-state index contributed by atoms with van der Waals surface area (Å²) in [6, 6.07) is 7.34. The van der Waals surface area contributed by atoms with Crippen LogP contribution < -0.4 is 4.74 Å². The number of allylic oxidation sites excluding steroid dienone is 2. The lowest BCUT2D eigenvalue weighted by Crippen LogP contribution is -2.57. The standard InChI is InChI=1S/C20H23FO6/c1-2-12-7-9-13(10-8-12)25-14-5-3-4-6-15(14)26-20-19(24)18(23)17(21)16(11-22)27-20/h2-4,6-10,14,16-20,22-24H,1,5,11H2. The van der Waals surface area contributed by atoms with Gasteiger partial charge in [0.25, 0.3) is 0 Å². The highest BCUT2D eigenvalue weighted by atomic mass is 19.1. The number of ether oxygens (including phenoxy) is 3. The minimum Gasteiger partial charge on any atom is -0.482 e. The van der Waals surface area contributed by atoms with E-state index in [1.54, 1.807) is 30.4 Å². The Balaban J connectivity index is 1.70. The van der Waals surface area contributed by atoms with Crippen molar-refractivity contribution in [2.45, 2.75) is 43.3 Å². The van der Waals surface area contributed by atoms with Gasteiger partial charge < -0.3 is 29.5 Å². The van der Waals surface area contributed by atoms with Crippen LogP contribution >= 0.6 is 0 Å². The van der Waals surface area contributed by atoms with Gasteiger partial charge in [-0.2, -0.15) is 0 Å². The summed E-state index contributed by atoms with van der Waals surface area (Å²) in [5.41, 5.74) is 0.960. The van der Waals surface area contributed by atoms with Crippen molar-refractivity contribution in [3.8, 4) is 5.75 Å². The van der Waals surface area contributed by atoms with Crippen LogP contribution in [0.4, 0.5) is 4.39 Å². The molecule has 1 fully saturated rings. The van der Waals surface area contributed by atoms with Crippen LogP contribution in [0.25, 0.3) is 6.08 Å². The summed E-state index contributed by atoms with van der Waals surface area (Å²) in [7, 11) is 0. The number of hydrogen-bond donors (Lipinski definition) is 3. The molecule has 1 aliphatic carbocycles. The smallest absolute Gasteiger partial charge is 0.228 e. The molecule has 7 heteroatoms. The predicted octanol–water partition coefficient (Wildman–Crippen LogP) is 1.71. The van der Waals surface area contributed by atoms with Gasteiger partial charge in [-0.15, -0.1) is 0 Å². The van der Waals surface area contributed by atoms with E-state index < -0.39 is 43.5 Å². The number of aliphatic hydroxyl groups excluding tert-OH is 3. The minimum absolute atomic E-state index is 0.371. The summed E-state index contributed by atoms with van der Waals surface area (Å²) in [5, 5.41) is 29.1. The van der Waals surface area contributed by atoms with Gasteiger partial charge in [-0.3, -0.25) is 0 Å². The van der Waals surface area contributed by atoms with E-state index in [1.807, 2.05) is 18.2 Å². The highest BCUT2D eigenvalue weighted by Gasteiger charge is 2.46. The van der Waals surface area contributed by atoms with E-state index in [2.05, 4.69) is 6.58 Å². The quantitative estimate of drug-likeness (QED) is 0.699. The molecule has 0 saturated carbocycles. The van der Waals surface area contributed by atoms with E-state index in [0.29, 0.717) is 17.9 Å². The van der Waals surface area contributed by atoms with E-state index >= 15 is 0 Å². The fourth-order valence-electron chi connectivity index (χ4n) is 2.93. The fourth-order valence-corrected chi connectivity index (χ4v) is 2.93. The van der Waals surface area contributed by atoms with Crippen molar-refractivity contribution in [1.29, 1.82) is 0 Å². The molecule has 0 bridgehead atoms. The lowest BCUT2D eigenvalue weighted by molar-refractivity contribution is -0.282. The van der Waals surface area contributed by atoms with Crippen molar-refractivity contribution in [2.24, 2.45) is 0 Å². The van der Waals surface area contributed by atoms with Gasteiger partial charge in [0.05, 0.1) is 6.61 Å². The largest absolute Gasteiger partial charge is 0.482 e. The molecule has 6 unspecified atom stereocenters. The predicted molar refractivity (Wildman–Crippen MR) is 96.5 cm³/mol. The van der Waals surface area contributed by atoms with Crippen LogP contribution in [-0.2, 0) is 9.47 Å². The number of aliphatic hydroxyl groups is 3. The third-order valence-corrected chi connectivity index (χ3v) is 4.51. The van der Waals surface area contributed by atoms with Crippen LogP contribution in [0.1, 0.15) is 12.0 Å². The molecule has 3 N–H and O–H groups in total. The minimum atomic E-state index is -1.90. The van der Waals surface area contributed by atoms with Gasteiger partial charge in [-0.25, -0.2) is 4.39 Å². The summed E-state index contributed by atoms with van der Waals surface area (Å²) < 4.78 is 30.8. The van der Waals surface area contributed by atoms with E-state index in [0.717, 1.165) is 5.56 Å². The Hall–Kier alpha value is -2.19. The zero-order valence-electron chi connectivity index (χ0n) is 14.6. The maximum Gasteiger partial charge on any atom is 0.228 e. The Bertz CT molecular complexity index is 699. The summed E-state index contributed by atoms with van der Waals surface area (Å²) in [6.07, 6.45) is -0.721. The van der Waals surface area contributed by atoms with Gasteiger partial charge in [0.1, 0.15) is 29.8 Å².